The van der Waals surface area contributed by atoms with Crippen LogP contribution in [0, 0.1) is 11.8 Å². The van der Waals surface area contributed by atoms with Crippen molar-refractivity contribution >= 4 is 11.9 Å². The van der Waals surface area contributed by atoms with Crippen LogP contribution in [0.1, 0.15) is 33.1 Å². The molecule has 0 radical (unpaired) electrons. The lowest BCUT2D eigenvalue weighted by molar-refractivity contribution is -0.142. The van der Waals surface area contributed by atoms with Crippen LogP contribution in [0.5, 0.6) is 5.75 Å². The number of hydrogen-bond donors (Lipinski definition) is 2. The zero-order valence-electron chi connectivity index (χ0n) is 13.0. The summed E-state index contributed by atoms with van der Waals surface area (Å²) >= 11 is 0. The number of carbonyl (C=O) groups excluding carboxylic acids is 1. The molecule has 2 rings (SSSR count). The maximum Gasteiger partial charge on any atom is 0.308 e. The highest BCUT2D eigenvalue weighted by Crippen LogP contribution is 2.40. The third kappa shape index (κ3) is 4.23. The second kappa shape index (κ2) is 6.81. The number of carboxylic acid groups (broad SMARTS) is 1. The van der Waals surface area contributed by atoms with Gasteiger partial charge in [-0.15, -0.1) is 0 Å². The van der Waals surface area contributed by atoms with Gasteiger partial charge in [0, 0.05) is 19.4 Å². The molecule has 1 aromatic carbocycles. The number of carboxylic acids is 1. The molecule has 0 heterocycles. The van der Waals surface area contributed by atoms with Crippen molar-refractivity contribution in [2.24, 2.45) is 11.8 Å². The molecule has 1 saturated carbocycles. The van der Waals surface area contributed by atoms with Gasteiger partial charge < -0.3 is 15.2 Å². The van der Waals surface area contributed by atoms with Crippen LogP contribution in [0.25, 0.3) is 0 Å². The summed E-state index contributed by atoms with van der Waals surface area (Å²) in [6.07, 6.45) is 1.87. The lowest BCUT2D eigenvalue weighted by Gasteiger charge is -2.20. The minimum absolute atomic E-state index is 0.145. The molecule has 5 nitrogen and oxygen atoms in total. The summed E-state index contributed by atoms with van der Waals surface area (Å²) in [5, 5.41) is 12.0. The molecule has 1 aliphatic rings. The fraction of sp³-hybridized carbons (Fsp3) is 0.529. The largest absolute Gasteiger partial charge is 0.481 e. The first-order chi connectivity index (χ1) is 10.4. The molecule has 22 heavy (non-hydrogen) atoms. The minimum atomic E-state index is -0.872. The van der Waals surface area contributed by atoms with Crippen LogP contribution in [-0.4, -0.2) is 29.1 Å². The van der Waals surface area contributed by atoms with Gasteiger partial charge in [-0.25, -0.2) is 0 Å². The maximum atomic E-state index is 12.3. The predicted molar refractivity (Wildman–Crippen MR) is 82.6 cm³/mol. The minimum Gasteiger partial charge on any atom is -0.481 e. The van der Waals surface area contributed by atoms with Gasteiger partial charge in [0.15, 0.2) is 5.60 Å². The van der Waals surface area contributed by atoms with E-state index in [1.165, 1.54) is 0 Å². The van der Waals surface area contributed by atoms with E-state index in [0.717, 1.165) is 0 Å². The molecule has 0 bridgehead atoms. The zero-order chi connectivity index (χ0) is 16.2. The normalized spacial score (nSPS) is 16.9. The number of hydrogen-bond acceptors (Lipinski definition) is 3. The van der Waals surface area contributed by atoms with Crippen LogP contribution < -0.4 is 10.1 Å². The number of aliphatic carboxylic acids is 1. The van der Waals surface area contributed by atoms with Crippen molar-refractivity contribution in [3.8, 4) is 5.75 Å². The average Bonchev–Trinajstić information content (AvgIpc) is 3.24. The molecule has 1 atom stereocenters. The Kier molecular flexibility index (Phi) is 5.06. The monoisotopic (exact) mass is 305 g/mol. The topological polar surface area (TPSA) is 75.6 Å². The van der Waals surface area contributed by atoms with Crippen molar-refractivity contribution in [3.05, 3.63) is 30.3 Å². The fourth-order valence-electron chi connectivity index (χ4n) is 2.42. The standard InChI is InChI=1S/C17H23NO4/c1-12(2)10-13(15(19)20)11-18-16(21)17(8-9-17)22-14-6-4-3-5-7-14/h3-7,12-13H,8-11H2,1-2H3,(H,18,21)(H,19,20). The van der Waals surface area contributed by atoms with Crippen molar-refractivity contribution < 1.29 is 19.4 Å². The third-order valence-corrected chi connectivity index (χ3v) is 3.79. The highest BCUT2D eigenvalue weighted by molar-refractivity contribution is 5.88. The average molecular weight is 305 g/mol. The van der Waals surface area contributed by atoms with Gasteiger partial charge in [0.05, 0.1) is 5.92 Å². The SMILES string of the molecule is CC(C)CC(CNC(=O)C1(Oc2ccccc2)CC1)C(=O)O. The van der Waals surface area contributed by atoms with E-state index in [4.69, 9.17) is 4.74 Å². The van der Waals surface area contributed by atoms with Gasteiger partial charge >= 0.3 is 5.97 Å². The van der Waals surface area contributed by atoms with Crippen LogP contribution in [0.4, 0.5) is 0 Å². The fourth-order valence-corrected chi connectivity index (χ4v) is 2.42. The lowest BCUT2D eigenvalue weighted by Crippen LogP contribution is -2.43. The van der Waals surface area contributed by atoms with E-state index in [1.54, 1.807) is 0 Å². The second-order valence-corrected chi connectivity index (χ2v) is 6.28. The predicted octanol–water partition coefficient (Wildman–Crippen LogP) is 2.46. The molecule has 1 amide bonds. The van der Waals surface area contributed by atoms with Crippen LogP contribution >= 0.6 is 0 Å². The summed E-state index contributed by atoms with van der Waals surface area (Å²) in [5.74, 6) is -0.716. The highest BCUT2D eigenvalue weighted by atomic mass is 16.5. The van der Waals surface area contributed by atoms with E-state index in [1.807, 2.05) is 44.2 Å². The molecule has 0 aliphatic heterocycles. The van der Waals surface area contributed by atoms with Gasteiger partial charge in [-0.1, -0.05) is 32.0 Å². The van der Waals surface area contributed by atoms with Gasteiger partial charge in [0.25, 0.3) is 5.91 Å². The lowest BCUT2D eigenvalue weighted by atomic mass is 9.97. The van der Waals surface area contributed by atoms with Gasteiger partial charge in [-0.3, -0.25) is 9.59 Å². The molecule has 1 fully saturated rings. The van der Waals surface area contributed by atoms with Crippen LogP contribution in [0.2, 0.25) is 0 Å². The van der Waals surface area contributed by atoms with Crippen molar-refractivity contribution in [2.45, 2.75) is 38.7 Å². The number of ether oxygens (including phenoxy) is 1. The van der Waals surface area contributed by atoms with Gasteiger partial charge in [0.1, 0.15) is 5.75 Å². The molecule has 2 N–H and O–H groups in total. The first kappa shape index (κ1) is 16.3. The van der Waals surface area contributed by atoms with E-state index >= 15 is 0 Å². The van der Waals surface area contributed by atoms with Crippen molar-refractivity contribution in [3.63, 3.8) is 0 Å². The van der Waals surface area contributed by atoms with E-state index in [-0.39, 0.29) is 18.4 Å². The number of para-hydroxylation sites is 1. The Morgan fingerprint density at radius 2 is 1.91 bits per heavy atom. The molecular formula is C17H23NO4. The molecule has 120 valence electrons. The van der Waals surface area contributed by atoms with Crippen molar-refractivity contribution in [1.82, 2.24) is 5.32 Å². The Morgan fingerprint density at radius 3 is 2.41 bits per heavy atom. The number of amides is 1. The highest BCUT2D eigenvalue weighted by Gasteiger charge is 2.53. The molecule has 0 aromatic heterocycles. The number of rotatable bonds is 8. The third-order valence-electron chi connectivity index (χ3n) is 3.79. The van der Waals surface area contributed by atoms with Gasteiger partial charge in [-0.05, 0) is 24.5 Å². The smallest absolute Gasteiger partial charge is 0.308 e. The van der Waals surface area contributed by atoms with Crippen LogP contribution in [0.3, 0.4) is 0 Å². The molecule has 1 unspecified atom stereocenters. The van der Waals surface area contributed by atoms with E-state index in [2.05, 4.69) is 5.32 Å². The molecule has 0 spiro atoms. The second-order valence-electron chi connectivity index (χ2n) is 6.28. The van der Waals surface area contributed by atoms with Crippen molar-refractivity contribution in [1.29, 1.82) is 0 Å². The van der Waals surface area contributed by atoms with E-state index in [9.17, 15) is 14.7 Å². The van der Waals surface area contributed by atoms with Crippen LogP contribution in [-0.2, 0) is 9.59 Å². The summed E-state index contributed by atoms with van der Waals surface area (Å²) in [6.45, 7) is 4.09. The Bertz CT molecular complexity index is 523. The van der Waals surface area contributed by atoms with Crippen molar-refractivity contribution in [2.75, 3.05) is 6.54 Å². The number of benzene rings is 1. The van der Waals surface area contributed by atoms with Crippen LogP contribution in [0.15, 0.2) is 30.3 Å². The Hall–Kier alpha value is -2.04. The quantitative estimate of drug-likeness (QED) is 0.773. The molecule has 0 saturated heterocycles. The molecular weight excluding hydrogens is 282 g/mol. The summed E-state index contributed by atoms with van der Waals surface area (Å²) in [7, 11) is 0. The first-order valence-corrected chi connectivity index (χ1v) is 7.68. The summed E-state index contributed by atoms with van der Waals surface area (Å²) in [5.41, 5.74) is -0.817. The molecule has 5 heteroatoms. The number of carbonyl (C=O) groups is 2. The summed E-state index contributed by atoms with van der Waals surface area (Å²) < 4.78 is 5.79. The number of nitrogens with one attached hydrogen (secondary N) is 1. The Balaban J connectivity index is 1.90. The van der Waals surface area contributed by atoms with Gasteiger partial charge in [0.2, 0.25) is 0 Å². The molecule has 1 aliphatic carbocycles. The maximum absolute atomic E-state index is 12.3. The van der Waals surface area contributed by atoms with E-state index in [0.29, 0.717) is 25.0 Å². The van der Waals surface area contributed by atoms with E-state index < -0.39 is 17.5 Å². The zero-order valence-corrected chi connectivity index (χ0v) is 13.0. The Morgan fingerprint density at radius 1 is 1.27 bits per heavy atom. The first-order valence-electron chi connectivity index (χ1n) is 7.68. The Labute approximate surface area is 130 Å². The van der Waals surface area contributed by atoms with Gasteiger partial charge in [-0.2, -0.15) is 0 Å². The summed E-state index contributed by atoms with van der Waals surface area (Å²) in [4.78, 5) is 23.5. The summed E-state index contributed by atoms with van der Waals surface area (Å²) in [6, 6.07) is 9.22. The molecule has 1 aromatic rings.